The van der Waals surface area contributed by atoms with Crippen molar-refractivity contribution in [3.63, 3.8) is 0 Å². The Morgan fingerprint density at radius 2 is 2.17 bits per heavy atom. The van der Waals surface area contributed by atoms with Crippen LogP contribution in [0.3, 0.4) is 0 Å². The highest BCUT2D eigenvalue weighted by atomic mass is 79.9. The summed E-state index contributed by atoms with van der Waals surface area (Å²) in [5, 5.41) is 6.00. The average Bonchev–Trinajstić information content (AvgIpc) is 2.32. The smallest absolute Gasteiger partial charge is 0.225 e. The molecule has 0 spiro atoms. The van der Waals surface area contributed by atoms with Crippen LogP contribution in [0.1, 0.15) is 12.0 Å². The molecule has 0 bridgehead atoms. The third-order valence-electron chi connectivity index (χ3n) is 2.41. The molecule has 18 heavy (non-hydrogen) atoms. The summed E-state index contributed by atoms with van der Waals surface area (Å²) in [6, 6.07) is 5.85. The lowest BCUT2D eigenvalue weighted by molar-refractivity contribution is -0.116. The van der Waals surface area contributed by atoms with E-state index in [1.165, 1.54) is 0 Å². The van der Waals surface area contributed by atoms with Crippen LogP contribution < -0.4 is 10.6 Å². The van der Waals surface area contributed by atoms with E-state index in [2.05, 4.69) is 26.6 Å². The molecule has 5 heteroatoms. The molecule has 1 aromatic carbocycles. The third kappa shape index (κ3) is 5.62. The Bertz CT molecular complexity index is 397. The molecule has 0 radical (unpaired) electrons. The van der Waals surface area contributed by atoms with Crippen LogP contribution >= 0.6 is 15.9 Å². The number of ether oxygens (including phenoxy) is 1. The molecule has 1 rings (SSSR count). The standard InChI is InChI=1S/C13H19BrN2O2/c1-10-3-4-12(11(14)9-10)16-13(17)5-6-15-7-8-18-2/h3-4,9,15H,5-8H2,1-2H3,(H,16,17). The average molecular weight is 315 g/mol. The zero-order valence-electron chi connectivity index (χ0n) is 10.8. The maximum absolute atomic E-state index is 11.7. The molecule has 4 nitrogen and oxygen atoms in total. The molecule has 0 unspecified atom stereocenters. The number of hydrogen-bond acceptors (Lipinski definition) is 3. The number of carbonyl (C=O) groups excluding carboxylic acids is 1. The van der Waals surface area contributed by atoms with Crippen LogP contribution in [0.25, 0.3) is 0 Å². The molecular formula is C13H19BrN2O2. The largest absolute Gasteiger partial charge is 0.383 e. The number of methoxy groups -OCH3 is 1. The molecule has 0 saturated heterocycles. The first-order valence-electron chi connectivity index (χ1n) is 5.89. The van der Waals surface area contributed by atoms with Gasteiger partial charge in [0, 0.05) is 31.1 Å². The fourth-order valence-electron chi connectivity index (χ4n) is 1.44. The van der Waals surface area contributed by atoms with Crippen LogP contribution in [-0.4, -0.2) is 32.7 Å². The zero-order chi connectivity index (χ0) is 13.4. The molecule has 0 saturated carbocycles. The maximum atomic E-state index is 11.7. The zero-order valence-corrected chi connectivity index (χ0v) is 12.3. The Morgan fingerprint density at radius 3 is 2.83 bits per heavy atom. The predicted octanol–water partition coefficient (Wildman–Crippen LogP) is 2.32. The van der Waals surface area contributed by atoms with E-state index >= 15 is 0 Å². The molecule has 100 valence electrons. The van der Waals surface area contributed by atoms with E-state index in [-0.39, 0.29) is 5.91 Å². The van der Waals surface area contributed by atoms with Crippen LogP contribution in [0, 0.1) is 6.92 Å². The highest BCUT2D eigenvalue weighted by Gasteiger charge is 2.05. The Morgan fingerprint density at radius 1 is 1.39 bits per heavy atom. The molecule has 0 aliphatic rings. The minimum absolute atomic E-state index is 0.00414. The monoisotopic (exact) mass is 314 g/mol. The van der Waals surface area contributed by atoms with Crippen LogP contribution in [0.5, 0.6) is 0 Å². The molecule has 0 heterocycles. The number of benzene rings is 1. The molecule has 2 N–H and O–H groups in total. The summed E-state index contributed by atoms with van der Waals surface area (Å²) in [5.74, 6) is 0.00414. The van der Waals surface area contributed by atoms with Crippen LogP contribution in [0.2, 0.25) is 0 Å². The highest BCUT2D eigenvalue weighted by molar-refractivity contribution is 9.10. The number of hydrogen-bond donors (Lipinski definition) is 2. The third-order valence-corrected chi connectivity index (χ3v) is 3.07. The Hall–Kier alpha value is -0.910. The van der Waals surface area contributed by atoms with Crippen molar-refractivity contribution in [2.45, 2.75) is 13.3 Å². The number of rotatable bonds is 7. The summed E-state index contributed by atoms with van der Waals surface area (Å²) in [5.41, 5.74) is 1.96. The minimum Gasteiger partial charge on any atom is -0.383 e. The van der Waals surface area contributed by atoms with E-state index in [0.29, 0.717) is 19.6 Å². The number of halogens is 1. The van der Waals surface area contributed by atoms with Gasteiger partial charge in [0.25, 0.3) is 0 Å². The van der Waals surface area contributed by atoms with Crippen molar-refractivity contribution in [1.82, 2.24) is 5.32 Å². The van der Waals surface area contributed by atoms with Gasteiger partial charge in [-0.2, -0.15) is 0 Å². The molecule has 0 aromatic heterocycles. The van der Waals surface area contributed by atoms with Gasteiger partial charge in [-0.3, -0.25) is 4.79 Å². The van der Waals surface area contributed by atoms with E-state index in [4.69, 9.17) is 4.74 Å². The molecule has 0 aliphatic heterocycles. The number of aryl methyl sites for hydroxylation is 1. The molecule has 0 fully saturated rings. The van der Waals surface area contributed by atoms with Crippen LogP contribution in [0.4, 0.5) is 5.69 Å². The van der Waals surface area contributed by atoms with Gasteiger partial charge in [-0.1, -0.05) is 6.07 Å². The van der Waals surface area contributed by atoms with Gasteiger partial charge < -0.3 is 15.4 Å². The second-order valence-corrected chi connectivity index (χ2v) is 4.88. The number of nitrogens with one attached hydrogen (secondary N) is 2. The van der Waals surface area contributed by atoms with E-state index in [1.807, 2.05) is 25.1 Å². The summed E-state index contributed by atoms with van der Waals surface area (Å²) < 4.78 is 5.81. The predicted molar refractivity (Wildman–Crippen MR) is 76.9 cm³/mol. The quantitative estimate of drug-likeness (QED) is 0.759. The maximum Gasteiger partial charge on any atom is 0.225 e. The normalized spacial score (nSPS) is 10.4. The number of amides is 1. The van der Waals surface area contributed by atoms with Gasteiger partial charge in [0.1, 0.15) is 0 Å². The van der Waals surface area contributed by atoms with Crippen molar-refractivity contribution >= 4 is 27.5 Å². The van der Waals surface area contributed by atoms with Crippen molar-refractivity contribution in [3.05, 3.63) is 28.2 Å². The van der Waals surface area contributed by atoms with Gasteiger partial charge in [0.2, 0.25) is 5.91 Å². The van der Waals surface area contributed by atoms with Gasteiger partial charge in [0.15, 0.2) is 0 Å². The van der Waals surface area contributed by atoms with Gasteiger partial charge in [-0.25, -0.2) is 0 Å². The first-order valence-corrected chi connectivity index (χ1v) is 6.68. The lowest BCUT2D eigenvalue weighted by Crippen LogP contribution is -2.24. The van der Waals surface area contributed by atoms with Gasteiger partial charge in [-0.05, 0) is 40.5 Å². The summed E-state index contributed by atoms with van der Waals surface area (Å²) in [7, 11) is 1.66. The van der Waals surface area contributed by atoms with E-state index in [1.54, 1.807) is 7.11 Å². The van der Waals surface area contributed by atoms with Gasteiger partial charge in [0.05, 0.1) is 12.3 Å². The second-order valence-electron chi connectivity index (χ2n) is 4.02. The number of carbonyl (C=O) groups is 1. The van der Waals surface area contributed by atoms with Crippen molar-refractivity contribution in [2.75, 3.05) is 32.1 Å². The first-order chi connectivity index (χ1) is 8.63. The summed E-state index contributed by atoms with van der Waals surface area (Å²) in [4.78, 5) is 11.7. The summed E-state index contributed by atoms with van der Waals surface area (Å²) in [6.45, 7) is 4.08. The van der Waals surface area contributed by atoms with Crippen molar-refractivity contribution in [2.24, 2.45) is 0 Å². The molecule has 0 atom stereocenters. The van der Waals surface area contributed by atoms with Crippen LogP contribution in [0.15, 0.2) is 22.7 Å². The van der Waals surface area contributed by atoms with Crippen molar-refractivity contribution in [1.29, 1.82) is 0 Å². The Balaban J connectivity index is 2.31. The number of anilines is 1. The van der Waals surface area contributed by atoms with Crippen molar-refractivity contribution in [3.8, 4) is 0 Å². The Labute approximate surface area is 116 Å². The highest BCUT2D eigenvalue weighted by Crippen LogP contribution is 2.23. The summed E-state index contributed by atoms with van der Waals surface area (Å²) >= 11 is 3.43. The fraction of sp³-hybridized carbons (Fsp3) is 0.462. The fourth-order valence-corrected chi connectivity index (χ4v) is 2.03. The molecule has 1 amide bonds. The molecular weight excluding hydrogens is 296 g/mol. The van der Waals surface area contributed by atoms with E-state index < -0.39 is 0 Å². The Kier molecular flexibility index (Phi) is 6.93. The van der Waals surface area contributed by atoms with Crippen molar-refractivity contribution < 1.29 is 9.53 Å². The van der Waals surface area contributed by atoms with E-state index in [0.717, 1.165) is 22.3 Å². The topological polar surface area (TPSA) is 50.4 Å². The lowest BCUT2D eigenvalue weighted by atomic mass is 10.2. The lowest BCUT2D eigenvalue weighted by Gasteiger charge is -2.08. The first kappa shape index (κ1) is 15.1. The summed E-state index contributed by atoms with van der Waals surface area (Å²) in [6.07, 6.45) is 0.448. The van der Waals surface area contributed by atoms with E-state index in [9.17, 15) is 4.79 Å². The minimum atomic E-state index is 0.00414. The SMILES string of the molecule is COCCNCCC(=O)Nc1ccc(C)cc1Br. The second kappa shape index (κ2) is 8.24. The molecule has 0 aliphatic carbocycles. The molecule has 1 aromatic rings. The van der Waals surface area contributed by atoms with Crippen LogP contribution in [-0.2, 0) is 9.53 Å². The van der Waals surface area contributed by atoms with Gasteiger partial charge in [-0.15, -0.1) is 0 Å². The van der Waals surface area contributed by atoms with Gasteiger partial charge >= 0.3 is 0 Å².